The predicted molar refractivity (Wildman–Crippen MR) is 39.9 cm³/mol. The van der Waals surface area contributed by atoms with Gasteiger partial charge in [-0.15, -0.1) is 0 Å². The van der Waals surface area contributed by atoms with Crippen molar-refractivity contribution in [1.29, 1.82) is 0 Å². The zero-order valence-electron chi connectivity index (χ0n) is 7.20. The molecule has 0 aromatic rings. The van der Waals surface area contributed by atoms with Gasteiger partial charge < -0.3 is 10.1 Å². The highest BCUT2D eigenvalue weighted by atomic mass is 16.5. The molecular formula is C6H11N3O3. The summed E-state index contributed by atoms with van der Waals surface area (Å²) in [6, 6.07) is -0.357. The van der Waals surface area contributed by atoms with Gasteiger partial charge in [-0.2, -0.15) is 0 Å². The standard InChI is InChI=1S/C6H11N3O3/c1-8-5(10)4(12-3)7-6(11)9(8)2/h4H,1-3H3,(H,7,11)/t4-/m1/s1. The smallest absolute Gasteiger partial charge is 0.338 e. The average Bonchev–Trinajstić information content (AvgIpc) is 2.08. The van der Waals surface area contributed by atoms with Gasteiger partial charge in [-0.3, -0.25) is 4.79 Å². The Morgan fingerprint density at radius 1 is 1.33 bits per heavy atom. The number of likely N-dealkylation sites (N-methyl/N-ethyl adjacent to an activating group) is 1. The van der Waals surface area contributed by atoms with Crippen LogP contribution in [-0.4, -0.2) is 49.4 Å². The first kappa shape index (κ1) is 8.79. The number of rotatable bonds is 1. The summed E-state index contributed by atoms with van der Waals surface area (Å²) in [6.07, 6.45) is -0.862. The van der Waals surface area contributed by atoms with Crippen molar-refractivity contribution in [3.8, 4) is 0 Å². The van der Waals surface area contributed by atoms with Gasteiger partial charge in [0.25, 0.3) is 5.91 Å². The van der Waals surface area contributed by atoms with E-state index >= 15 is 0 Å². The molecule has 0 unspecified atom stereocenters. The fourth-order valence-electron chi connectivity index (χ4n) is 0.881. The van der Waals surface area contributed by atoms with Crippen LogP contribution in [-0.2, 0) is 9.53 Å². The lowest BCUT2D eigenvalue weighted by Crippen LogP contribution is -2.63. The Balaban J connectivity index is 2.77. The third-order valence-corrected chi connectivity index (χ3v) is 1.78. The summed E-state index contributed by atoms with van der Waals surface area (Å²) in [7, 11) is 4.37. The number of carbonyl (C=O) groups excluding carboxylic acids is 2. The molecule has 0 aromatic carbocycles. The average molecular weight is 173 g/mol. The van der Waals surface area contributed by atoms with Gasteiger partial charge in [0.1, 0.15) is 0 Å². The minimum atomic E-state index is -0.862. The van der Waals surface area contributed by atoms with Crippen LogP contribution < -0.4 is 5.32 Å². The minimum Gasteiger partial charge on any atom is -0.353 e. The Morgan fingerprint density at radius 2 is 1.92 bits per heavy atom. The summed E-state index contributed by atoms with van der Waals surface area (Å²) < 4.78 is 4.74. The molecule has 1 N–H and O–H groups in total. The number of hydrogen-bond donors (Lipinski definition) is 1. The van der Waals surface area contributed by atoms with Gasteiger partial charge in [0, 0.05) is 21.2 Å². The Hall–Kier alpha value is -1.30. The normalized spacial score (nSPS) is 24.4. The highest BCUT2D eigenvalue weighted by Gasteiger charge is 2.33. The number of urea groups is 1. The molecule has 3 amide bonds. The lowest BCUT2D eigenvalue weighted by atomic mass is 10.4. The lowest BCUT2D eigenvalue weighted by molar-refractivity contribution is -0.157. The molecule has 0 aromatic heterocycles. The number of nitrogens with zero attached hydrogens (tertiary/aromatic N) is 2. The fraction of sp³-hybridized carbons (Fsp3) is 0.667. The Labute approximate surface area is 70.0 Å². The highest BCUT2D eigenvalue weighted by molar-refractivity contribution is 5.90. The predicted octanol–water partition coefficient (Wildman–Crippen LogP) is -1.01. The number of ether oxygens (including phenoxy) is 1. The number of hydrazine groups is 1. The van der Waals surface area contributed by atoms with E-state index in [4.69, 9.17) is 4.74 Å². The van der Waals surface area contributed by atoms with Crippen LogP contribution in [0.25, 0.3) is 0 Å². The second-order valence-corrected chi connectivity index (χ2v) is 2.45. The summed E-state index contributed by atoms with van der Waals surface area (Å²) in [6.45, 7) is 0. The van der Waals surface area contributed by atoms with Crippen LogP contribution in [0.1, 0.15) is 0 Å². The number of methoxy groups -OCH3 is 1. The molecule has 1 saturated heterocycles. The van der Waals surface area contributed by atoms with E-state index in [1.54, 1.807) is 0 Å². The van der Waals surface area contributed by atoms with Crippen molar-refractivity contribution < 1.29 is 14.3 Å². The van der Waals surface area contributed by atoms with Crippen molar-refractivity contribution in [3.05, 3.63) is 0 Å². The van der Waals surface area contributed by atoms with E-state index in [1.165, 1.54) is 31.2 Å². The van der Waals surface area contributed by atoms with Crippen LogP contribution in [0.3, 0.4) is 0 Å². The molecule has 0 aliphatic carbocycles. The molecule has 6 nitrogen and oxygen atoms in total. The van der Waals surface area contributed by atoms with Crippen molar-refractivity contribution in [2.45, 2.75) is 6.23 Å². The van der Waals surface area contributed by atoms with E-state index in [9.17, 15) is 9.59 Å². The highest BCUT2D eigenvalue weighted by Crippen LogP contribution is 2.04. The van der Waals surface area contributed by atoms with E-state index in [2.05, 4.69) is 5.32 Å². The van der Waals surface area contributed by atoms with Gasteiger partial charge in [-0.1, -0.05) is 0 Å². The van der Waals surface area contributed by atoms with Gasteiger partial charge in [0.2, 0.25) is 6.23 Å². The third-order valence-electron chi connectivity index (χ3n) is 1.78. The van der Waals surface area contributed by atoms with Crippen molar-refractivity contribution in [3.63, 3.8) is 0 Å². The van der Waals surface area contributed by atoms with Crippen LogP contribution in [0.15, 0.2) is 0 Å². The van der Waals surface area contributed by atoms with Gasteiger partial charge in [0.05, 0.1) is 0 Å². The largest absolute Gasteiger partial charge is 0.353 e. The molecule has 1 heterocycles. The minimum absolute atomic E-state index is 0.292. The monoisotopic (exact) mass is 173 g/mol. The van der Waals surface area contributed by atoms with Crippen molar-refractivity contribution in [2.24, 2.45) is 0 Å². The molecule has 68 valence electrons. The first-order chi connectivity index (χ1) is 5.57. The maximum atomic E-state index is 11.3. The summed E-state index contributed by atoms with van der Waals surface area (Å²) in [5.74, 6) is -0.292. The summed E-state index contributed by atoms with van der Waals surface area (Å²) >= 11 is 0. The van der Waals surface area contributed by atoms with Crippen molar-refractivity contribution in [1.82, 2.24) is 15.3 Å². The van der Waals surface area contributed by atoms with Crippen molar-refractivity contribution >= 4 is 11.9 Å². The maximum Gasteiger partial charge on any atom is 0.338 e. The maximum absolute atomic E-state index is 11.3. The molecule has 12 heavy (non-hydrogen) atoms. The van der Waals surface area contributed by atoms with Gasteiger partial charge in [-0.05, 0) is 0 Å². The Morgan fingerprint density at radius 3 is 2.42 bits per heavy atom. The molecular weight excluding hydrogens is 162 g/mol. The van der Waals surface area contributed by atoms with Crippen molar-refractivity contribution in [2.75, 3.05) is 21.2 Å². The quantitative estimate of drug-likeness (QED) is 0.552. The Bertz CT molecular complexity index is 214. The lowest BCUT2D eigenvalue weighted by Gasteiger charge is -2.36. The molecule has 0 saturated carbocycles. The summed E-state index contributed by atoms with van der Waals surface area (Å²) in [5.41, 5.74) is 0. The van der Waals surface area contributed by atoms with E-state index in [0.29, 0.717) is 0 Å². The van der Waals surface area contributed by atoms with Crippen LogP contribution in [0, 0.1) is 0 Å². The van der Waals surface area contributed by atoms with E-state index < -0.39 is 6.23 Å². The topological polar surface area (TPSA) is 61.9 Å². The molecule has 0 bridgehead atoms. The molecule has 0 radical (unpaired) electrons. The fourth-order valence-corrected chi connectivity index (χ4v) is 0.881. The van der Waals surface area contributed by atoms with Gasteiger partial charge in [-0.25, -0.2) is 14.8 Å². The molecule has 1 aliphatic heterocycles. The molecule has 6 heteroatoms. The molecule has 1 fully saturated rings. The zero-order chi connectivity index (χ0) is 9.30. The summed E-state index contributed by atoms with van der Waals surface area (Å²) in [5, 5.41) is 4.75. The first-order valence-corrected chi connectivity index (χ1v) is 3.42. The van der Waals surface area contributed by atoms with E-state index in [1.807, 2.05) is 0 Å². The first-order valence-electron chi connectivity index (χ1n) is 3.42. The second-order valence-electron chi connectivity index (χ2n) is 2.45. The van der Waals surface area contributed by atoms with E-state index in [-0.39, 0.29) is 11.9 Å². The van der Waals surface area contributed by atoms with Gasteiger partial charge in [0.15, 0.2) is 0 Å². The van der Waals surface area contributed by atoms with Gasteiger partial charge >= 0.3 is 6.03 Å². The molecule has 1 aliphatic rings. The molecule has 1 atom stereocenters. The number of hydrogen-bond acceptors (Lipinski definition) is 3. The van der Waals surface area contributed by atoms with Crippen LogP contribution in [0.4, 0.5) is 4.79 Å². The molecule has 0 spiro atoms. The summed E-state index contributed by atoms with van der Waals surface area (Å²) in [4.78, 5) is 22.3. The SMILES string of the molecule is CO[C@H]1NC(=O)N(C)N(C)C1=O. The van der Waals surface area contributed by atoms with E-state index in [0.717, 1.165) is 0 Å². The number of nitrogens with one attached hydrogen (secondary N) is 1. The van der Waals surface area contributed by atoms with Crippen LogP contribution in [0.5, 0.6) is 0 Å². The number of amides is 3. The molecule has 1 rings (SSSR count). The number of carbonyl (C=O) groups is 2. The Kier molecular flexibility index (Phi) is 2.18. The third kappa shape index (κ3) is 1.20. The van der Waals surface area contributed by atoms with Crippen LogP contribution >= 0.6 is 0 Å². The van der Waals surface area contributed by atoms with Crippen LogP contribution in [0.2, 0.25) is 0 Å². The second kappa shape index (κ2) is 2.98. The zero-order valence-corrected chi connectivity index (χ0v) is 7.20.